The number of fused-ring (bicyclic) bond motifs is 3. The lowest BCUT2D eigenvalue weighted by atomic mass is 10.1. The summed E-state index contributed by atoms with van der Waals surface area (Å²) in [6.45, 7) is 3.97. The third-order valence-corrected chi connectivity index (χ3v) is 6.27. The number of ether oxygens (including phenoxy) is 4. The Morgan fingerprint density at radius 1 is 1.14 bits per heavy atom. The van der Waals surface area contributed by atoms with E-state index in [0.717, 1.165) is 10.8 Å². The van der Waals surface area contributed by atoms with Gasteiger partial charge in [0.25, 0.3) is 5.91 Å². The van der Waals surface area contributed by atoms with Crippen LogP contribution in [0.2, 0.25) is 0 Å². The average molecular weight is 476 g/mol. The zero-order valence-electron chi connectivity index (χ0n) is 19.1. The average Bonchev–Trinajstić information content (AvgIpc) is 3.48. The van der Waals surface area contributed by atoms with Crippen molar-refractivity contribution in [2.75, 3.05) is 12.3 Å². The molecule has 0 unspecified atom stereocenters. The SMILES string of the molecule is CC1(C)O[C@@H]2[C@H](O1)[C@@H](COc1ccc3ccc(C(N)=O)nc3c1)O[C@H]2n1ccc2c(N)ncnc21. The highest BCUT2D eigenvalue weighted by atomic mass is 16.8. The van der Waals surface area contributed by atoms with Gasteiger partial charge in [0, 0.05) is 17.6 Å². The maximum absolute atomic E-state index is 11.5. The van der Waals surface area contributed by atoms with Gasteiger partial charge in [-0.3, -0.25) is 4.79 Å². The van der Waals surface area contributed by atoms with E-state index in [0.29, 0.717) is 22.7 Å². The predicted molar refractivity (Wildman–Crippen MR) is 125 cm³/mol. The van der Waals surface area contributed by atoms with Crippen LogP contribution < -0.4 is 16.2 Å². The summed E-state index contributed by atoms with van der Waals surface area (Å²) < 4.78 is 26.7. The van der Waals surface area contributed by atoms with Crippen LogP contribution in [0.25, 0.3) is 21.9 Å². The monoisotopic (exact) mass is 476 g/mol. The minimum atomic E-state index is -0.773. The van der Waals surface area contributed by atoms with Crippen molar-refractivity contribution in [3.8, 4) is 5.75 Å². The van der Waals surface area contributed by atoms with E-state index in [1.807, 2.05) is 42.8 Å². The van der Waals surface area contributed by atoms with Crippen LogP contribution in [0.1, 0.15) is 30.6 Å². The summed E-state index contributed by atoms with van der Waals surface area (Å²) in [6.07, 6.45) is 1.66. The Kier molecular flexibility index (Phi) is 4.88. The van der Waals surface area contributed by atoms with Gasteiger partial charge in [-0.15, -0.1) is 0 Å². The van der Waals surface area contributed by atoms with Crippen molar-refractivity contribution in [2.45, 2.75) is 44.2 Å². The van der Waals surface area contributed by atoms with Gasteiger partial charge in [0.1, 0.15) is 54.2 Å². The van der Waals surface area contributed by atoms with Crippen LogP contribution in [-0.2, 0) is 14.2 Å². The minimum Gasteiger partial charge on any atom is -0.491 e. The van der Waals surface area contributed by atoms with E-state index < -0.39 is 24.0 Å². The summed E-state index contributed by atoms with van der Waals surface area (Å²) in [5, 5.41) is 1.61. The maximum atomic E-state index is 11.5. The molecule has 180 valence electrons. The minimum absolute atomic E-state index is 0.196. The smallest absolute Gasteiger partial charge is 0.267 e. The molecule has 2 saturated heterocycles. The molecule has 0 aliphatic carbocycles. The van der Waals surface area contributed by atoms with Crippen molar-refractivity contribution in [1.82, 2.24) is 19.5 Å². The van der Waals surface area contributed by atoms with Crippen molar-refractivity contribution in [3.05, 3.63) is 54.6 Å². The van der Waals surface area contributed by atoms with Gasteiger partial charge < -0.3 is 35.0 Å². The molecule has 11 nitrogen and oxygen atoms in total. The van der Waals surface area contributed by atoms with Crippen LogP contribution in [0, 0.1) is 0 Å². The molecule has 2 aliphatic heterocycles. The number of nitrogens with zero attached hydrogens (tertiary/aromatic N) is 4. The maximum Gasteiger partial charge on any atom is 0.267 e. The van der Waals surface area contributed by atoms with Gasteiger partial charge in [-0.25, -0.2) is 15.0 Å². The molecule has 35 heavy (non-hydrogen) atoms. The highest BCUT2D eigenvalue weighted by Gasteiger charge is 2.56. The van der Waals surface area contributed by atoms with Crippen molar-refractivity contribution >= 4 is 33.7 Å². The molecule has 4 aromatic rings. The first-order valence-electron chi connectivity index (χ1n) is 11.2. The number of amides is 1. The number of primary amides is 1. The molecule has 4 N–H and O–H groups in total. The molecule has 11 heteroatoms. The number of pyridine rings is 1. The number of aromatic nitrogens is 4. The van der Waals surface area contributed by atoms with Crippen LogP contribution in [-0.4, -0.2) is 56.1 Å². The molecule has 3 aromatic heterocycles. The van der Waals surface area contributed by atoms with E-state index in [1.54, 1.807) is 18.2 Å². The fourth-order valence-corrected chi connectivity index (χ4v) is 4.72. The third-order valence-electron chi connectivity index (χ3n) is 6.27. The largest absolute Gasteiger partial charge is 0.491 e. The van der Waals surface area contributed by atoms with E-state index >= 15 is 0 Å². The second-order valence-electron chi connectivity index (χ2n) is 9.08. The fraction of sp³-hybridized carbons (Fsp3) is 0.333. The Labute approximate surface area is 199 Å². The second-order valence-corrected chi connectivity index (χ2v) is 9.08. The second kappa shape index (κ2) is 7.87. The number of rotatable bonds is 5. The first-order chi connectivity index (χ1) is 16.8. The zero-order valence-corrected chi connectivity index (χ0v) is 19.1. The summed E-state index contributed by atoms with van der Waals surface area (Å²) in [6, 6.07) is 10.7. The molecule has 2 aliphatic rings. The van der Waals surface area contributed by atoms with Crippen LogP contribution in [0.15, 0.2) is 48.9 Å². The number of hydrogen-bond acceptors (Lipinski definition) is 9. The third kappa shape index (κ3) is 3.73. The molecule has 5 heterocycles. The highest BCUT2D eigenvalue weighted by molar-refractivity contribution is 5.93. The summed E-state index contributed by atoms with van der Waals surface area (Å²) in [4.78, 5) is 24.2. The molecular formula is C24H24N6O5. The number of carbonyl (C=O) groups is 1. The van der Waals surface area contributed by atoms with Gasteiger partial charge >= 0.3 is 0 Å². The molecule has 4 atom stereocenters. The Hall–Kier alpha value is -3.80. The topological polar surface area (TPSA) is 150 Å². The van der Waals surface area contributed by atoms with Crippen molar-refractivity contribution in [1.29, 1.82) is 0 Å². The Morgan fingerprint density at radius 2 is 1.94 bits per heavy atom. The molecule has 6 rings (SSSR count). The Bertz CT molecular complexity index is 1450. The van der Waals surface area contributed by atoms with Gasteiger partial charge in [0.15, 0.2) is 12.0 Å². The summed E-state index contributed by atoms with van der Waals surface area (Å²) >= 11 is 0. The Morgan fingerprint density at radius 3 is 2.77 bits per heavy atom. The normalized spacial score (nSPS) is 25.2. The van der Waals surface area contributed by atoms with Crippen LogP contribution >= 0.6 is 0 Å². The number of nitrogens with two attached hydrogens (primary N) is 2. The van der Waals surface area contributed by atoms with E-state index in [9.17, 15) is 4.79 Å². The standard InChI is InChI=1S/C24H24N6O5/c1-24(2)34-18-17(10-32-13-5-3-12-4-6-15(21(26)31)29-16(12)9-13)33-23(19(18)35-24)30-8-7-14-20(25)27-11-28-22(14)30/h3-9,11,17-19,23H,10H2,1-2H3,(H2,26,31)(H2,25,27,28)/t17-,18-,19-,23-/m1/s1. The summed E-state index contributed by atoms with van der Waals surface area (Å²) in [5.74, 6) is -0.373. The van der Waals surface area contributed by atoms with Gasteiger partial charge in [-0.05, 0) is 38.1 Å². The van der Waals surface area contributed by atoms with Crippen molar-refractivity contribution in [3.63, 3.8) is 0 Å². The quantitative estimate of drug-likeness (QED) is 0.442. The van der Waals surface area contributed by atoms with Gasteiger partial charge in [-0.1, -0.05) is 6.07 Å². The summed E-state index contributed by atoms with van der Waals surface area (Å²) in [7, 11) is 0. The van der Waals surface area contributed by atoms with Gasteiger partial charge in [0.05, 0.1) is 10.9 Å². The van der Waals surface area contributed by atoms with Crippen LogP contribution in [0.4, 0.5) is 5.82 Å². The highest BCUT2D eigenvalue weighted by Crippen LogP contribution is 2.44. The number of benzene rings is 1. The number of carbonyl (C=O) groups excluding carboxylic acids is 1. The van der Waals surface area contributed by atoms with Gasteiger partial charge in [0.2, 0.25) is 0 Å². The predicted octanol–water partition coefficient (Wildman–Crippen LogP) is 2.16. The van der Waals surface area contributed by atoms with Crippen molar-refractivity contribution < 1.29 is 23.7 Å². The van der Waals surface area contributed by atoms with E-state index in [4.69, 9.17) is 30.4 Å². The number of nitrogen functional groups attached to an aromatic ring is 1. The first-order valence-corrected chi connectivity index (χ1v) is 11.2. The lowest BCUT2D eigenvalue weighted by Gasteiger charge is -2.25. The first kappa shape index (κ1) is 21.7. The zero-order chi connectivity index (χ0) is 24.3. The molecule has 1 amide bonds. The Balaban J connectivity index is 1.26. The van der Waals surface area contributed by atoms with E-state index in [-0.39, 0.29) is 24.5 Å². The molecule has 0 radical (unpaired) electrons. The molecule has 1 aromatic carbocycles. The number of hydrogen-bond donors (Lipinski definition) is 2. The molecule has 0 bridgehead atoms. The fourth-order valence-electron chi connectivity index (χ4n) is 4.72. The van der Waals surface area contributed by atoms with E-state index in [2.05, 4.69) is 15.0 Å². The van der Waals surface area contributed by atoms with E-state index in [1.165, 1.54) is 6.33 Å². The molecule has 0 saturated carbocycles. The van der Waals surface area contributed by atoms with Crippen molar-refractivity contribution in [2.24, 2.45) is 5.73 Å². The molecule has 0 spiro atoms. The van der Waals surface area contributed by atoms with Crippen LogP contribution in [0.3, 0.4) is 0 Å². The van der Waals surface area contributed by atoms with Gasteiger partial charge in [-0.2, -0.15) is 0 Å². The molecular weight excluding hydrogens is 452 g/mol. The number of anilines is 1. The summed E-state index contributed by atoms with van der Waals surface area (Å²) in [5.41, 5.74) is 12.8. The lowest BCUT2D eigenvalue weighted by molar-refractivity contribution is -0.198. The lowest BCUT2D eigenvalue weighted by Crippen LogP contribution is -2.33. The van der Waals surface area contributed by atoms with Crippen LogP contribution in [0.5, 0.6) is 5.75 Å². The molecule has 2 fully saturated rings.